The van der Waals surface area contributed by atoms with Gasteiger partial charge in [-0.25, -0.2) is 0 Å². The molecule has 2 aliphatic rings. The molecule has 0 radical (unpaired) electrons. The third-order valence-electron chi connectivity index (χ3n) is 5.42. The Balaban J connectivity index is 1.56. The Bertz CT molecular complexity index is 844. The van der Waals surface area contributed by atoms with Gasteiger partial charge in [-0.2, -0.15) is 0 Å². The number of carbonyl (C=O) groups excluding carboxylic acids is 2. The monoisotopic (exact) mass is 334 g/mol. The van der Waals surface area contributed by atoms with Crippen LogP contribution in [0.1, 0.15) is 34.2 Å². The zero-order valence-corrected chi connectivity index (χ0v) is 14.2. The summed E-state index contributed by atoms with van der Waals surface area (Å²) < 4.78 is 0. The Hall–Kier alpha value is -2.62. The SMILES string of the molecule is NC(=O)[C@H]1Cc2ccccc2CN1C(=O)Cc1ccc2c(c1)CCC2. The van der Waals surface area contributed by atoms with Crippen LogP contribution in [0.2, 0.25) is 0 Å². The van der Waals surface area contributed by atoms with Gasteiger partial charge in [0, 0.05) is 13.0 Å². The average Bonchev–Trinajstić information content (AvgIpc) is 3.08. The zero-order chi connectivity index (χ0) is 17.4. The van der Waals surface area contributed by atoms with Gasteiger partial charge in [0.05, 0.1) is 6.42 Å². The number of primary amides is 1. The molecule has 0 aromatic heterocycles. The highest BCUT2D eigenvalue weighted by molar-refractivity contribution is 5.88. The van der Waals surface area contributed by atoms with Crippen LogP contribution in [0.3, 0.4) is 0 Å². The van der Waals surface area contributed by atoms with Gasteiger partial charge in [-0.3, -0.25) is 9.59 Å². The van der Waals surface area contributed by atoms with Gasteiger partial charge in [0.15, 0.2) is 0 Å². The molecule has 0 bridgehead atoms. The van der Waals surface area contributed by atoms with Crippen molar-refractivity contribution in [3.63, 3.8) is 0 Å². The molecule has 25 heavy (non-hydrogen) atoms. The second kappa shape index (κ2) is 6.36. The molecule has 4 heteroatoms. The summed E-state index contributed by atoms with van der Waals surface area (Å²) in [5, 5.41) is 0. The molecule has 4 nitrogen and oxygen atoms in total. The van der Waals surface area contributed by atoms with Crippen LogP contribution in [0, 0.1) is 0 Å². The fraction of sp³-hybridized carbons (Fsp3) is 0.333. The first-order valence-electron chi connectivity index (χ1n) is 8.88. The standard InChI is InChI=1S/C21H22N2O2/c22-21(25)19-12-17-4-1-2-5-18(17)13-23(19)20(24)11-14-8-9-15-6-3-7-16(15)10-14/h1-2,4-5,8-10,19H,3,6-7,11-13H2,(H2,22,25)/t19-/m1/s1. The van der Waals surface area contributed by atoms with E-state index in [1.165, 1.54) is 17.5 Å². The molecular weight excluding hydrogens is 312 g/mol. The lowest BCUT2D eigenvalue weighted by atomic mass is 9.93. The molecule has 1 atom stereocenters. The van der Waals surface area contributed by atoms with Crippen molar-refractivity contribution in [2.75, 3.05) is 0 Å². The molecule has 2 N–H and O–H groups in total. The number of hydrogen-bond donors (Lipinski definition) is 1. The summed E-state index contributed by atoms with van der Waals surface area (Å²) in [6.45, 7) is 0.452. The summed E-state index contributed by atoms with van der Waals surface area (Å²) in [6, 6.07) is 13.7. The molecule has 1 aliphatic heterocycles. The van der Waals surface area contributed by atoms with E-state index in [0.717, 1.165) is 29.5 Å². The van der Waals surface area contributed by atoms with Gasteiger partial charge < -0.3 is 10.6 Å². The van der Waals surface area contributed by atoms with Crippen LogP contribution in [0.4, 0.5) is 0 Å². The molecule has 0 fully saturated rings. The number of benzene rings is 2. The highest BCUT2D eigenvalue weighted by Crippen LogP contribution is 2.26. The number of nitrogens with two attached hydrogens (primary N) is 1. The Morgan fingerprint density at radius 1 is 1.00 bits per heavy atom. The normalized spacial score (nSPS) is 18.6. The first-order chi connectivity index (χ1) is 12.1. The Morgan fingerprint density at radius 3 is 2.56 bits per heavy atom. The number of hydrogen-bond acceptors (Lipinski definition) is 2. The van der Waals surface area contributed by atoms with Gasteiger partial charge in [-0.1, -0.05) is 42.5 Å². The lowest BCUT2D eigenvalue weighted by Gasteiger charge is -2.35. The molecule has 1 heterocycles. The van der Waals surface area contributed by atoms with Crippen LogP contribution in [-0.2, 0) is 41.8 Å². The summed E-state index contributed by atoms with van der Waals surface area (Å²) in [4.78, 5) is 26.5. The van der Waals surface area contributed by atoms with Gasteiger partial charge in [0.1, 0.15) is 6.04 Å². The van der Waals surface area contributed by atoms with Crippen LogP contribution in [-0.4, -0.2) is 22.8 Å². The summed E-state index contributed by atoms with van der Waals surface area (Å²) in [5.74, 6) is -0.465. The molecule has 0 unspecified atom stereocenters. The van der Waals surface area contributed by atoms with E-state index in [2.05, 4.69) is 12.1 Å². The quantitative estimate of drug-likeness (QED) is 0.935. The van der Waals surface area contributed by atoms with Crippen molar-refractivity contribution < 1.29 is 9.59 Å². The highest BCUT2D eigenvalue weighted by atomic mass is 16.2. The molecule has 0 spiro atoms. The molecule has 2 aromatic carbocycles. The summed E-state index contributed by atoms with van der Waals surface area (Å²) >= 11 is 0. The van der Waals surface area contributed by atoms with E-state index in [4.69, 9.17) is 5.73 Å². The maximum Gasteiger partial charge on any atom is 0.240 e. The lowest BCUT2D eigenvalue weighted by Crippen LogP contribution is -2.51. The minimum Gasteiger partial charge on any atom is -0.368 e. The van der Waals surface area contributed by atoms with Crippen LogP contribution < -0.4 is 5.73 Å². The molecule has 1 aliphatic carbocycles. The second-order valence-electron chi connectivity index (χ2n) is 7.05. The molecule has 0 saturated carbocycles. The van der Waals surface area contributed by atoms with Gasteiger partial charge in [-0.15, -0.1) is 0 Å². The molecule has 2 aromatic rings. The summed E-state index contributed by atoms with van der Waals surface area (Å²) in [6.07, 6.45) is 4.24. The number of aryl methyl sites for hydroxylation is 2. The van der Waals surface area contributed by atoms with Crippen molar-refractivity contribution in [1.29, 1.82) is 0 Å². The number of rotatable bonds is 3. The van der Waals surface area contributed by atoms with Crippen LogP contribution in [0.5, 0.6) is 0 Å². The van der Waals surface area contributed by atoms with Crippen LogP contribution in [0.25, 0.3) is 0 Å². The van der Waals surface area contributed by atoms with Gasteiger partial charge in [-0.05, 0) is 47.1 Å². The van der Waals surface area contributed by atoms with Crippen molar-refractivity contribution in [1.82, 2.24) is 4.90 Å². The van der Waals surface area contributed by atoms with E-state index in [-0.39, 0.29) is 5.91 Å². The predicted molar refractivity (Wildman–Crippen MR) is 95.8 cm³/mol. The number of fused-ring (bicyclic) bond motifs is 2. The fourth-order valence-corrected chi connectivity index (χ4v) is 4.05. The van der Waals surface area contributed by atoms with E-state index in [1.54, 1.807) is 4.90 Å². The van der Waals surface area contributed by atoms with Crippen molar-refractivity contribution in [3.8, 4) is 0 Å². The van der Waals surface area contributed by atoms with Crippen molar-refractivity contribution in [3.05, 3.63) is 70.3 Å². The van der Waals surface area contributed by atoms with E-state index in [1.807, 2.05) is 30.3 Å². The third kappa shape index (κ3) is 3.04. The Morgan fingerprint density at radius 2 is 1.76 bits per heavy atom. The summed E-state index contributed by atoms with van der Waals surface area (Å²) in [7, 11) is 0. The maximum atomic E-state index is 12.9. The number of carbonyl (C=O) groups is 2. The molecule has 0 saturated heterocycles. The minimum atomic E-state index is -0.558. The molecule has 128 valence electrons. The summed E-state index contributed by atoms with van der Waals surface area (Å²) in [5.41, 5.74) is 11.6. The average molecular weight is 334 g/mol. The Labute approximate surface area is 147 Å². The van der Waals surface area contributed by atoms with E-state index < -0.39 is 11.9 Å². The highest BCUT2D eigenvalue weighted by Gasteiger charge is 2.33. The first-order valence-corrected chi connectivity index (χ1v) is 8.88. The van der Waals surface area contributed by atoms with Gasteiger partial charge in [0.25, 0.3) is 0 Å². The van der Waals surface area contributed by atoms with Crippen molar-refractivity contribution in [2.24, 2.45) is 5.73 Å². The topological polar surface area (TPSA) is 63.4 Å². The molecular formula is C21H22N2O2. The zero-order valence-electron chi connectivity index (χ0n) is 14.2. The smallest absolute Gasteiger partial charge is 0.240 e. The van der Waals surface area contributed by atoms with Gasteiger partial charge in [0.2, 0.25) is 11.8 Å². The number of nitrogens with zero attached hydrogens (tertiary/aromatic N) is 1. The Kier molecular flexibility index (Phi) is 4.04. The maximum absolute atomic E-state index is 12.9. The third-order valence-corrected chi connectivity index (χ3v) is 5.42. The van der Waals surface area contributed by atoms with Crippen LogP contribution >= 0.6 is 0 Å². The van der Waals surface area contributed by atoms with Crippen LogP contribution in [0.15, 0.2) is 42.5 Å². The van der Waals surface area contributed by atoms with E-state index in [9.17, 15) is 9.59 Å². The van der Waals surface area contributed by atoms with E-state index in [0.29, 0.717) is 19.4 Å². The fourth-order valence-electron chi connectivity index (χ4n) is 4.05. The lowest BCUT2D eigenvalue weighted by molar-refractivity contribution is -0.140. The first kappa shape index (κ1) is 15.9. The molecule has 4 rings (SSSR count). The largest absolute Gasteiger partial charge is 0.368 e. The predicted octanol–water partition coefficient (Wildman–Crippen LogP) is 2.16. The van der Waals surface area contributed by atoms with E-state index >= 15 is 0 Å². The van der Waals surface area contributed by atoms with Crippen molar-refractivity contribution >= 4 is 11.8 Å². The minimum absolute atomic E-state index is 0.0312. The number of amides is 2. The second-order valence-corrected chi connectivity index (χ2v) is 7.05. The molecule has 2 amide bonds. The van der Waals surface area contributed by atoms with Crippen molar-refractivity contribution in [2.45, 2.75) is 44.7 Å². The van der Waals surface area contributed by atoms with Gasteiger partial charge >= 0.3 is 0 Å².